The van der Waals surface area contributed by atoms with Crippen molar-refractivity contribution in [2.24, 2.45) is 5.92 Å². The van der Waals surface area contributed by atoms with Crippen molar-refractivity contribution < 1.29 is 21.6 Å². The largest absolute Gasteiger partial charge is 0.416 e. The maximum Gasteiger partial charge on any atom is 0.416 e. The highest BCUT2D eigenvalue weighted by Crippen LogP contribution is 2.31. The quantitative estimate of drug-likeness (QED) is 0.477. The lowest BCUT2D eigenvalue weighted by atomic mass is 10.0. The first kappa shape index (κ1) is 22.6. The fourth-order valence-corrected chi connectivity index (χ4v) is 5.83. The van der Waals surface area contributed by atoms with Gasteiger partial charge in [-0.1, -0.05) is 60.7 Å². The van der Waals surface area contributed by atoms with Crippen molar-refractivity contribution in [1.29, 1.82) is 0 Å². The Hall–Kier alpha value is -2.64. The number of halogens is 3. The summed E-state index contributed by atoms with van der Waals surface area (Å²) in [6.07, 6.45) is -3.86. The Morgan fingerprint density at radius 1 is 0.875 bits per heavy atom. The number of hydrogen-bond donors (Lipinski definition) is 0. The summed E-state index contributed by atoms with van der Waals surface area (Å²) in [6, 6.07) is 22.4. The number of nitrogens with zero attached hydrogens (tertiary/aromatic N) is 1. The van der Waals surface area contributed by atoms with Crippen LogP contribution < -0.4 is 0 Å². The Morgan fingerprint density at radius 2 is 1.56 bits per heavy atom. The summed E-state index contributed by atoms with van der Waals surface area (Å²) >= 11 is 0. The molecule has 0 aromatic heterocycles. The minimum absolute atomic E-state index is 0.0989. The van der Waals surface area contributed by atoms with Gasteiger partial charge >= 0.3 is 6.18 Å². The first-order valence-electron chi connectivity index (χ1n) is 10.5. The van der Waals surface area contributed by atoms with Gasteiger partial charge in [-0.3, -0.25) is 4.90 Å². The van der Waals surface area contributed by atoms with Crippen LogP contribution in [0, 0.1) is 5.92 Å². The Bertz CT molecular complexity index is 1160. The first-order chi connectivity index (χ1) is 15.2. The molecule has 1 fully saturated rings. The maximum atomic E-state index is 12.9. The second kappa shape index (κ2) is 9.08. The molecule has 32 heavy (non-hydrogen) atoms. The first-order valence-corrected chi connectivity index (χ1v) is 12.1. The molecular formula is C25H24F3NO2S. The van der Waals surface area contributed by atoms with Gasteiger partial charge in [0.1, 0.15) is 0 Å². The number of sulfone groups is 1. The molecule has 1 aliphatic heterocycles. The molecule has 0 unspecified atom stereocenters. The third-order valence-corrected chi connectivity index (χ3v) is 7.70. The zero-order chi connectivity index (χ0) is 22.8. The minimum atomic E-state index is -4.56. The molecule has 168 valence electrons. The van der Waals surface area contributed by atoms with Crippen LogP contribution in [-0.4, -0.2) is 32.2 Å². The van der Waals surface area contributed by atoms with Gasteiger partial charge in [0.2, 0.25) is 0 Å². The molecular weight excluding hydrogens is 435 g/mol. The van der Waals surface area contributed by atoms with Crippen LogP contribution in [0.25, 0.3) is 11.1 Å². The summed E-state index contributed by atoms with van der Waals surface area (Å²) < 4.78 is 64.3. The van der Waals surface area contributed by atoms with Crippen LogP contribution in [0.4, 0.5) is 13.2 Å². The summed E-state index contributed by atoms with van der Waals surface area (Å²) in [4.78, 5) is 1.94. The van der Waals surface area contributed by atoms with Gasteiger partial charge < -0.3 is 0 Å². The van der Waals surface area contributed by atoms with E-state index in [1.54, 1.807) is 0 Å². The third kappa shape index (κ3) is 5.40. The Labute approximate surface area is 186 Å². The molecule has 0 N–H and O–H groups in total. The molecule has 3 aromatic rings. The summed E-state index contributed by atoms with van der Waals surface area (Å²) in [5, 5.41) is 0. The van der Waals surface area contributed by atoms with E-state index in [0.29, 0.717) is 13.0 Å². The number of likely N-dealkylation sites (tertiary alicyclic amines) is 1. The van der Waals surface area contributed by atoms with E-state index in [9.17, 15) is 21.6 Å². The van der Waals surface area contributed by atoms with Gasteiger partial charge in [0, 0.05) is 13.1 Å². The summed E-state index contributed by atoms with van der Waals surface area (Å²) in [5.41, 5.74) is 2.50. The maximum absolute atomic E-state index is 12.9. The summed E-state index contributed by atoms with van der Waals surface area (Å²) in [7, 11) is -3.79. The van der Waals surface area contributed by atoms with E-state index in [2.05, 4.69) is 41.3 Å². The summed E-state index contributed by atoms with van der Waals surface area (Å²) in [5.74, 6) is -0.240. The van der Waals surface area contributed by atoms with E-state index in [-0.39, 0.29) is 16.6 Å². The predicted molar refractivity (Wildman–Crippen MR) is 119 cm³/mol. The van der Waals surface area contributed by atoms with Crippen molar-refractivity contribution in [3.05, 3.63) is 90.0 Å². The van der Waals surface area contributed by atoms with Gasteiger partial charge in [-0.05, 0) is 53.8 Å². The van der Waals surface area contributed by atoms with E-state index in [1.165, 1.54) is 6.07 Å². The lowest BCUT2D eigenvalue weighted by Gasteiger charge is -2.17. The van der Waals surface area contributed by atoms with E-state index in [1.807, 2.05) is 18.2 Å². The van der Waals surface area contributed by atoms with Crippen LogP contribution in [0.15, 0.2) is 83.8 Å². The van der Waals surface area contributed by atoms with Crippen LogP contribution in [0.3, 0.4) is 0 Å². The van der Waals surface area contributed by atoms with Crippen LogP contribution >= 0.6 is 0 Å². The molecule has 1 aliphatic rings. The van der Waals surface area contributed by atoms with Gasteiger partial charge in [0.15, 0.2) is 9.84 Å². The van der Waals surface area contributed by atoms with E-state index >= 15 is 0 Å². The van der Waals surface area contributed by atoms with Gasteiger partial charge in [-0.25, -0.2) is 8.42 Å². The van der Waals surface area contributed by atoms with Crippen molar-refractivity contribution >= 4 is 9.84 Å². The van der Waals surface area contributed by atoms with Gasteiger partial charge in [0.25, 0.3) is 0 Å². The average Bonchev–Trinajstić information content (AvgIpc) is 3.20. The van der Waals surface area contributed by atoms with E-state index in [0.717, 1.165) is 48.0 Å². The van der Waals surface area contributed by atoms with E-state index in [4.69, 9.17) is 0 Å². The molecule has 1 saturated heterocycles. The molecule has 0 amide bonds. The van der Waals surface area contributed by atoms with Crippen molar-refractivity contribution in [3.63, 3.8) is 0 Å². The van der Waals surface area contributed by atoms with Crippen LogP contribution in [0.5, 0.6) is 0 Å². The topological polar surface area (TPSA) is 37.4 Å². The normalized spacial score (nSPS) is 17.5. The fourth-order valence-electron chi connectivity index (χ4n) is 4.16. The number of alkyl halides is 3. The molecule has 0 spiro atoms. The van der Waals surface area contributed by atoms with Crippen LogP contribution in [0.1, 0.15) is 17.5 Å². The zero-order valence-electron chi connectivity index (χ0n) is 17.4. The van der Waals surface area contributed by atoms with Crippen LogP contribution in [-0.2, 0) is 22.6 Å². The molecule has 0 aliphatic carbocycles. The SMILES string of the molecule is O=S(=O)(C[C@@H]1CCN(Cc2ccc(-c3ccccc3)cc2)C1)c1cccc(C(F)(F)F)c1. The minimum Gasteiger partial charge on any atom is -0.299 e. The standard InChI is InChI=1S/C25H24F3NO2S/c26-25(27,28)23-7-4-8-24(15-23)32(30,31)18-20-13-14-29(17-20)16-19-9-11-22(12-10-19)21-5-2-1-3-6-21/h1-12,15,20H,13-14,16-18H2/t20-/m1/s1. The predicted octanol–water partition coefficient (Wildman–Crippen LogP) is 5.67. The molecule has 0 bridgehead atoms. The smallest absolute Gasteiger partial charge is 0.299 e. The van der Waals surface area contributed by atoms with Crippen molar-refractivity contribution in [2.75, 3.05) is 18.8 Å². The highest BCUT2D eigenvalue weighted by Gasteiger charge is 2.33. The number of benzene rings is 3. The fraction of sp³-hybridized carbons (Fsp3) is 0.280. The van der Waals surface area contributed by atoms with Crippen molar-refractivity contribution in [2.45, 2.75) is 24.0 Å². The molecule has 3 aromatic carbocycles. The third-order valence-electron chi connectivity index (χ3n) is 5.81. The molecule has 0 radical (unpaired) electrons. The highest BCUT2D eigenvalue weighted by atomic mass is 32.2. The van der Waals surface area contributed by atoms with Gasteiger partial charge in [-0.2, -0.15) is 13.2 Å². The lowest BCUT2D eigenvalue weighted by Crippen LogP contribution is -2.23. The summed E-state index contributed by atoms with van der Waals surface area (Å²) in [6.45, 7) is 2.09. The Morgan fingerprint density at radius 3 is 2.25 bits per heavy atom. The van der Waals surface area contributed by atoms with E-state index < -0.39 is 21.6 Å². The molecule has 3 nitrogen and oxygen atoms in total. The molecule has 0 saturated carbocycles. The van der Waals surface area contributed by atoms with Gasteiger partial charge in [0.05, 0.1) is 16.2 Å². The second-order valence-electron chi connectivity index (χ2n) is 8.26. The van der Waals surface area contributed by atoms with Crippen LogP contribution in [0.2, 0.25) is 0 Å². The monoisotopic (exact) mass is 459 g/mol. The van der Waals surface area contributed by atoms with Gasteiger partial charge in [-0.15, -0.1) is 0 Å². The Kier molecular flexibility index (Phi) is 6.40. The number of rotatable bonds is 6. The Balaban J connectivity index is 1.37. The second-order valence-corrected chi connectivity index (χ2v) is 10.3. The highest BCUT2D eigenvalue weighted by molar-refractivity contribution is 7.91. The lowest BCUT2D eigenvalue weighted by molar-refractivity contribution is -0.137. The average molecular weight is 460 g/mol. The zero-order valence-corrected chi connectivity index (χ0v) is 18.2. The molecule has 4 rings (SSSR count). The molecule has 1 atom stereocenters. The van der Waals surface area contributed by atoms with Crippen molar-refractivity contribution in [3.8, 4) is 11.1 Å². The molecule has 7 heteroatoms. The molecule has 1 heterocycles. The number of hydrogen-bond acceptors (Lipinski definition) is 3. The van der Waals surface area contributed by atoms with Crippen molar-refractivity contribution in [1.82, 2.24) is 4.90 Å².